The fourth-order valence-corrected chi connectivity index (χ4v) is 2.98. The Hall–Kier alpha value is -1.22. The van der Waals surface area contributed by atoms with Crippen LogP contribution in [0.3, 0.4) is 0 Å². The monoisotopic (exact) mass is 295 g/mol. The first-order valence-electron chi connectivity index (χ1n) is 7.32. The van der Waals surface area contributed by atoms with Crippen molar-refractivity contribution in [2.24, 2.45) is 0 Å². The summed E-state index contributed by atoms with van der Waals surface area (Å²) in [6, 6.07) is 8.10. The lowest BCUT2D eigenvalue weighted by atomic mass is 10.1. The van der Waals surface area contributed by atoms with E-state index in [1.165, 1.54) is 0 Å². The summed E-state index contributed by atoms with van der Waals surface area (Å²) in [4.78, 5) is 14.6. The third-order valence-electron chi connectivity index (χ3n) is 3.91. The van der Waals surface area contributed by atoms with Gasteiger partial charge >= 0.3 is 0 Å². The van der Waals surface area contributed by atoms with Gasteiger partial charge in [0.2, 0.25) is 0 Å². The molecule has 1 unspecified atom stereocenters. The van der Waals surface area contributed by atoms with E-state index in [9.17, 15) is 4.79 Å². The topological polar surface area (TPSA) is 29.5 Å². The van der Waals surface area contributed by atoms with Gasteiger partial charge in [-0.2, -0.15) is 0 Å². The molecule has 0 saturated carbocycles. The van der Waals surface area contributed by atoms with Crippen LogP contribution in [-0.2, 0) is 11.2 Å². The molecule has 20 heavy (non-hydrogen) atoms. The summed E-state index contributed by atoms with van der Waals surface area (Å²) in [7, 11) is 0. The van der Waals surface area contributed by atoms with Crippen molar-refractivity contribution in [2.45, 2.75) is 45.3 Å². The highest BCUT2D eigenvalue weighted by molar-refractivity contribution is 6.18. The van der Waals surface area contributed by atoms with E-state index < -0.39 is 6.10 Å². The highest BCUT2D eigenvalue weighted by atomic mass is 35.5. The molecule has 0 aliphatic carbocycles. The lowest BCUT2D eigenvalue weighted by molar-refractivity contribution is -0.140. The highest BCUT2D eigenvalue weighted by Gasteiger charge is 2.34. The number of nitrogens with zero attached hydrogens (tertiary/aromatic N) is 1. The maximum Gasteiger partial charge on any atom is 0.264 e. The summed E-state index contributed by atoms with van der Waals surface area (Å²) < 4.78 is 5.80. The molecule has 0 N–H and O–H groups in total. The number of hydrogen-bond donors (Lipinski definition) is 0. The minimum Gasteiger partial charge on any atom is -0.480 e. The molecule has 2 rings (SSSR count). The second-order valence-corrected chi connectivity index (χ2v) is 5.49. The van der Waals surface area contributed by atoms with E-state index in [1.54, 1.807) is 0 Å². The predicted octanol–water partition coefficient (Wildman–Crippen LogP) is 3.25. The fraction of sp³-hybridized carbons (Fsp3) is 0.562. The molecule has 0 aromatic heterocycles. The summed E-state index contributed by atoms with van der Waals surface area (Å²) in [5, 5.41) is 0. The second kappa shape index (κ2) is 6.98. The lowest BCUT2D eigenvalue weighted by Crippen LogP contribution is -2.47. The first-order chi connectivity index (χ1) is 9.71. The SMILES string of the molecule is CCC(CC)N(CCCl)C(=O)C1Cc2ccccc2O1. The minimum absolute atomic E-state index is 0.0653. The maximum atomic E-state index is 12.7. The van der Waals surface area contributed by atoms with Crippen LogP contribution in [0.2, 0.25) is 0 Å². The van der Waals surface area contributed by atoms with Crippen LogP contribution in [0.4, 0.5) is 0 Å². The number of fused-ring (bicyclic) bond motifs is 1. The second-order valence-electron chi connectivity index (χ2n) is 5.11. The van der Waals surface area contributed by atoms with Gasteiger partial charge in [-0.1, -0.05) is 32.0 Å². The number of alkyl halides is 1. The number of benzene rings is 1. The Morgan fingerprint density at radius 1 is 1.40 bits per heavy atom. The Morgan fingerprint density at radius 2 is 2.10 bits per heavy atom. The molecule has 0 saturated heterocycles. The van der Waals surface area contributed by atoms with Gasteiger partial charge in [-0.3, -0.25) is 4.79 Å². The third kappa shape index (κ3) is 3.09. The lowest BCUT2D eigenvalue weighted by Gasteiger charge is -2.31. The molecule has 0 bridgehead atoms. The average molecular weight is 296 g/mol. The molecule has 1 heterocycles. The Balaban J connectivity index is 2.10. The fourth-order valence-electron chi connectivity index (χ4n) is 2.80. The van der Waals surface area contributed by atoms with Gasteiger partial charge in [-0.15, -0.1) is 11.6 Å². The summed E-state index contributed by atoms with van der Waals surface area (Å²) in [6.45, 7) is 4.79. The number of amides is 1. The molecule has 3 nitrogen and oxygen atoms in total. The normalized spacial score (nSPS) is 16.9. The van der Waals surface area contributed by atoms with Crippen LogP contribution in [0.25, 0.3) is 0 Å². The molecular formula is C16H22ClNO2. The van der Waals surface area contributed by atoms with Crippen molar-refractivity contribution in [3.63, 3.8) is 0 Å². The van der Waals surface area contributed by atoms with Crippen LogP contribution in [0.5, 0.6) is 5.75 Å². The molecule has 1 amide bonds. The average Bonchev–Trinajstić information content (AvgIpc) is 2.90. The van der Waals surface area contributed by atoms with Crippen LogP contribution >= 0.6 is 11.6 Å². The Morgan fingerprint density at radius 3 is 2.70 bits per heavy atom. The highest BCUT2D eigenvalue weighted by Crippen LogP contribution is 2.29. The zero-order valence-corrected chi connectivity index (χ0v) is 12.9. The van der Waals surface area contributed by atoms with Crippen molar-refractivity contribution >= 4 is 17.5 Å². The van der Waals surface area contributed by atoms with Gasteiger partial charge in [0.25, 0.3) is 5.91 Å². The van der Waals surface area contributed by atoms with Crippen LogP contribution in [-0.4, -0.2) is 35.4 Å². The standard InChI is InChI=1S/C16H22ClNO2/c1-3-13(4-2)18(10-9-17)16(19)15-11-12-7-5-6-8-14(12)20-15/h5-8,13,15H,3-4,9-11H2,1-2H3. The van der Waals surface area contributed by atoms with E-state index in [2.05, 4.69) is 13.8 Å². The molecule has 1 aromatic rings. The third-order valence-corrected chi connectivity index (χ3v) is 4.08. The summed E-state index contributed by atoms with van der Waals surface area (Å²) in [5.41, 5.74) is 1.11. The molecule has 110 valence electrons. The van der Waals surface area contributed by atoms with Crippen molar-refractivity contribution in [3.8, 4) is 5.75 Å². The first-order valence-corrected chi connectivity index (χ1v) is 7.85. The Labute approximate surface area is 125 Å². The minimum atomic E-state index is -0.392. The summed E-state index contributed by atoms with van der Waals surface area (Å²) in [5.74, 6) is 1.36. The molecule has 0 radical (unpaired) electrons. The van der Waals surface area contributed by atoms with E-state index in [0.717, 1.165) is 24.2 Å². The maximum absolute atomic E-state index is 12.7. The zero-order valence-electron chi connectivity index (χ0n) is 12.1. The van der Waals surface area contributed by atoms with Crippen molar-refractivity contribution in [3.05, 3.63) is 29.8 Å². The predicted molar refractivity (Wildman–Crippen MR) is 81.4 cm³/mol. The number of ether oxygens (including phenoxy) is 1. The van der Waals surface area contributed by atoms with Gasteiger partial charge in [0.05, 0.1) is 0 Å². The largest absolute Gasteiger partial charge is 0.480 e. The van der Waals surface area contributed by atoms with Crippen molar-refractivity contribution in [1.29, 1.82) is 0 Å². The smallest absolute Gasteiger partial charge is 0.264 e. The van der Waals surface area contributed by atoms with Gasteiger partial charge in [0.15, 0.2) is 6.10 Å². The zero-order chi connectivity index (χ0) is 14.5. The van der Waals surface area contributed by atoms with Crippen LogP contribution in [0.15, 0.2) is 24.3 Å². The van der Waals surface area contributed by atoms with E-state index in [0.29, 0.717) is 18.8 Å². The van der Waals surface area contributed by atoms with Crippen molar-refractivity contribution in [1.82, 2.24) is 4.90 Å². The Kier molecular flexibility index (Phi) is 5.30. The van der Waals surface area contributed by atoms with E-state index >= 15 is 0 Å². The molecule has 1 atom stereocenters. The molecule has 1 aliphatic rings. The van der Waals surface area contributed by atoms with E-state index in [-0.39, 0.29) is 11.9 Å². The quantitative estimate of drug-likeness (QED) is 0.754. The van der Waals surface area contributed by atoms with Crippen LogP contribution < -0.4 is 4.74 Å². The number of halogens is 1. The molecule has 1 aromatic carbocycles. The van der Waals surface area contributed by atoms with Crippen molar-refractivity contribution < 1.29 is 9.53 Å². The number of para-hydroxylation sites is 1. The van der Waals surface area contributed by atoms with Gasteiger partial charge in [-0.05, 0) is 24.5 Å². The Bertz CT molecular complexity index is 435. The molecule has 0 spiro atoms. The van der Waals surface area contributed by atoms with Gasteiger partial charge in [0.1, 0.15) is 5.75 Å². The summed E-state index contributed by atoms with van der Waals surface area (Å²) >= 11 is 5.86. The first kappa shape index (κ1) is 15.2. The molecule has 0 fully saturated rings. The summed E-state index contributed by atoms with van der Waals surface area (Å²) in [6.07, 6.45) is 2.15. The number of rotatable bonds is 6. The van der Waals surface area contributed by atoms with Gasteiger partial charge < -0.3 is 9.64 Å². The molecular weight excluding hydrogens is 274 g/mol. The van der Waals surface area contributed by atoms with Gasteiger partial charge in [0, 0.05) is 24.9 Å². The number of carbonyl (C=O) groups excluding carboxylic acids is 1. The van der Waals surface area contributed by atoms with Crippen molar-refractivity contribution in [2.75, 3.05) is 12.4 Å². The van der Waals surface area contributed by atoms with E-state index in [1.807, 2.05) is 29.2 Å². The number of carbonyl (C=O) groups is 1. The van der Waals surface area contributed by atoms with Gasteiger partial charge in [-0.25, -0.2) is 0 Å². The molecule has 1 aliphatic heterocycles. The number of hydrogen-bond acceptors (Lipinski definition) is 2. The van der Waals surface area contributed by atoms with Crippen LogP contribution in [0.1, 0.15) is 32.3 Å². The van der Waals surface area contributed by atoms with E-state index in [4.69, 9.17) is 16.3 Å². The van der Waals surface area contributed by atoms with Crippen LogP contribution in [0, 0.1) is 0 Å². The molecule has 4 heteroatoms.